The van der Waals surface area contributed by atoms with Crippen molar-refractivity contribution in [3.63, 3.8) is 0 Å². The Morgan fingerprint density at radius 1 is 0.970 bits per heavy atom. The van der Waals surface area contributed by atoms with Gasteiger partial charge in [0.2, 0.25) is 0 Å². The highest BCUT2D eigenvalue weighted by Gasteiger charge is 2.30. The minimum absolute atomic E-state index is 0.192. The van der Waals surface area contributed by atoms with Gasteiger partial charge in [0, 0.05) is 24.2 Å². The van der Waals surface area contributed by atoms with Crippen molar-refractivity contribution in [1.82, 2.24) is 9.80 Å². The van der Waals surface area contributed by atoms with E-state index in [0.29, 0.717) is 18.0 Å². The van der Waals surface area contributed by atoms with Gasteiger partial charge in [0.1, 0.15) is 5.75 Å². The predicted molar refractivity (Wildman–Crippen MR) is 135 cm³/mol. The molecule has 178 valence electrons. The fraction of sp³-hybridized carbons (Fsp3) is 0.552. The average Bonchev–Trinajstić information content (AvgIpc) is 2.80. The Kier molecular flexibility index (Phi) is 7.75. The molecule has 0 N–H and O–H groups in total. The second kappa shape index (κ2) is 10.7. The van der Waals surface area contributed by atoms with Crippen LogP contribution in [0.1, 0.15) is 87.2 Å². The SMILES string of the molecule is CC(C)Oc1ccccc1C1CCN(Cc2cccc(C(=O)N3C(C)CCCC3C)c2)CC1. The predicted octanol–water partition coefficient (Wildman–Crippen LogP) is 6.26. The standard InChI is InChI=1S/C29H40N2O2/c1-21(2)33-28-14-6-5-13-27(28)25-15-17-30(18-16-25)20-24-11-8-12-26(19-24)29(32)31-22(3)9-7-10-23(31)4/h5-6,8,11-14,19,21-23,25H,7,9-10,15-18,20H2,1-4H3. The van der Waals surface area contributed by atoms with E-state index in [9.17, 15) is 4.79 Å². The summed E-state index contributed by atoms with van der Waals surface area (Å²) in [6.45, 7) is 11.6. The summed E-state index contributed by atoms with van der Waals surface area (Å²) in [5, 5.41) is 0. The quantitative estimate of drug-likeness (QED) is 0.523. The zero-order valence-corrected chi connectivity index (χ0v) is 20.8. The first-order chi connectivity index (χ1) is 15.9. The third-order valence-electron chi connectivity index (χ3n) is 7.32. The molecule has 4 rings (SSSR count). The summed E-state index contributed by atoms with van der Waals surface area (Å²) >= 11 is 0. The highest BCUT2D eigenvalue weighted by atomic mass is 16.5. The van der Waals surface area contributed by atoms with Gasteiger partial charge < -0.3 is 9.64 Å². The number of amides is 1. The van der Waals surface area contributed by atoms with Gasteiger partial charge >= 0.3 is 0 Å². The van der Waals surface area contributed by atoms with Crippen LogP contribution in [0.4, 0.5) is 0 Å². The van der Waals surface area contributed by atoms with E-state index in [1.807, 2.05) is 12.1 Å². The third-order valence-corrected chi connectivity index (χ3v) is 7.32. The Balaban J connectivity index is 1.37. The van der Waals surface area contributed by atoms with Gasteiger partial charge in [-0.2, -0.15) is 0 Å². The van der Waals surface area contributed by atoms with E-state index in [0.717, 1.165) is 56.6 Å². The number of nitrogens with zero attached hydrogens (tertiary/aromatic N) is 2. The molecule has 0 radical (unpaired) electrons. The van der Waals surface area contributed by atoms with Crippen molar-refractivity contribution in [3.05, 3.63) is 65.2 Å². The zero-order valence-electron chi connectivity index (χ0n) is 20.8. The Labute approximate surface area is 199 Å². The van der Waals surface area contributed by atoms with Crippen LogP contribution in [0.15, 0.2) is 48.5 Å². The van der Waals surface area contributed by atoms with Crippen molar-refractivity contribution in [2.45, 2.75) is 90.4 Å². The Hall–Kier alpha value is -2.33. The van der Waals surface area contributed by atoms with Crippen molar-refractivity contribution in [3.8, 4) is 5.75 Å². The number of carbonyl (C=O) groups is 1. The number of ether oxygens (including phenoxy) is 1. The first kappa shape index (κ1) is 23.8. The zero-order chi connectivity index (χ0) is 23.4. The van der Waals surface area contributed by atoms with E-state index in [1.165, 1.54) is 17.5 Å². The van der Waals surface area contributed by atoms with Crippen LogP contribution in [-0.4, -0.2) is 47.0 Å². The topological polar surface area (TPSA) is 32.8 Å². The molecule has 2 heterocycles. The van der Waals surface area contributed by atoms with E-state index >= 15 is 0 Å². The normalized spacial score (nSPS) is 22.5. The molecule has 4 heteroatoms. The van der Waals surface area contributed by atoms with Gasteiger partial charge in [-0.25, -0.2) is 0 Å². The molecule has 2 aromatic carbocycles. The number of para-hydroxylation sites is 1. The number of rotatable bonds is 6. The second-order valence-corrected chi connectivity index (χ2v) is 10.3. The smallest absolute Gasteiger partial charge is 0.254 e. The van der Waals surface area contributed by atoms with Crippen LogP contribution in [0.25, 0.3) is 0 Å². The van der Waals surface area contributed by atoms with Crippen molar-refractivity contribution < 1.29 is 9.53 Å². The van der Waals surface area contributed by atoms with Crippen molar-refractivity contribution in [1.29, 1.82) is 0 Å². The third kappa shape index (κ3) is 5.78. The van der Waals surface area contributed by atoms with Crippen LogP contribution in [0.5, 0.6) is 5.75 Å². The first-order valence-electron chi connectivity index (χ1n) is 12.8. The van der Waals surface area contributed by atoms with E-state index < -0.39 is 0 Å². The molecule has 2 unspecified atom stereocenters. The molecule has 0 spiro atoms. The number of carbonyl (C=O) groups excluding carboxylic acids is 1. The lowest BCUT2D eigenvalue weighted by Crippen LogP contribution is -2.47. The number of benzene rings is 2. The molecule has 2 aromatic rings. The van der Waals surface area contributed by atoms with Crippen molar-refractivity contribution >= 4 is 5.91 Å². The molecule has 2 fully saturated rings. The van der Waals surface area contributed by atoms with E-state index in [1.54, 1.807) is 0 Å². The van der Waals surface area contributed by atoms with Gasteiger partial charge in [0.25, 0.3) is 5.91 Å². The van der Waals surface area contributed by atoms with Crippen LogP contribution in [0.2, 0.25) is 0 Å². The number of likely N-dealkylation sites (tertiary alicyclic amines) is 2. The monoisotopic (exact) mass is 448 g/mol. The van der Waals surface area contributed by atoms with Crippen LogP contribution in [0, 0.1) is 0 Å². The van der Waals surface area contributed by atoms with Gasteiger partial charge in [-0.1, -0.05) is 30.3 Å². The molecule has 1 amide bonds. The fourth-order valence-corrected chi connectivity index (χ4v) is 5.61. The van der Waals surface area contributed by atoms with Gasteiger partial charge in [0.15, 0.2) is 0 Å². The van der Waals surface area contributed by atoms with Crippen LogP contribution >= 0.6 is 0 Å². The summed E-state index contributed by atoms with van der Waals surface area (Å²) in [6.07, 6.45) is 5.90. The molecule has 2 saturated heterocycles. The van der Waals surface area contributed by atoms with E-state index in [2.05, 4.69) is 73.9 Å². The Morgan fingerprint density at radius 2 is 1.67 bits per heavy atom. The minimum Gasteiger partial charge on any atom is -0.491 e. The first-order valence-corrected chi connectivity index (χ1v) is 12.8. The number of hydrogen-bond acceptors (Lipinski definition) is 3. The average molecular weight is 449 g/mol. The highest BCUT2D eigenvalue weighted by molar-refractivity contribution is 5.94. The summed E-state index contributed by atoms with van der Waals surface area (Å²) in [4.78, 5) is 17.9. The Morgan fingerprint density at radius 3 is 2.36 bits per heavy atom. The molecule has 0 saturated carbocycles. The lowest BCUT2D eigenvalue weighted by atomic mass is 9.88. The fourth-order valence-electron chi connectivity index (χ4n) is 5.61. The van der Waals surface area contributed by atoms with Crippen molar-refractivity contribution in [2.75, 3.05) is 13.1 Å². The van der Waals surface area contributed by atoms with Crippen LogP contribution < -0.4 is 4.74 Å². The molecule has 4 nitrogen and oxygen atoms in total. The summed E-state index contributed by atoms with van der Waals surface area (Å²) in [6, 6.07) is 17.5. The maximum Gasteiger partial charge on any atom is 0.254 e. The molecule has 2 atom stereocenters. The van der Waals surface area contributed by atoms with Gasteiger partial charge in [-0.15, -0.1) is 0 Å². The molecular formula is C29H40N2O2. The molecular weight excluding hydrogens is 408 g/mol. The molecule has 0 aromatic heterocycles. The number of hydrogen-bond donors (Lipinski definition) is 0. The largest absolute Gasteiger partial charge is 0.491 e. The van der Waals surface area contributed by atoms with Gasteiger partial charge in [-0.05, 0) is 108 Å². The second-order valence-electron chi connectivity index (χ2n) is 10.3. The van der Waals surface area contributed by atoms with Gasteiger partial charge in [-0.3, -0.25) is 9.69 Å². The molecule has 2 aliphatic rings. The summed E-state index contributed by atoms with van der Waals surface area (Å²) in [5.74, 6) is 1.78. The summed E-state index contributed by atoms with van der Waals surface area (Å²) in [7, 11) is 0. The van der Waals surface area contributed by atoms with E-state index in [-0.39, 0.29) is 12.0 Å². The maximum absolute atomic E-state index is 13.3. The molecule has 0 aliphatic carbocycles. The van der Waals surface area contributed by atoms with Gasteiger partial charge in [0.05, 0.1) is 6.10 Å². The minimum atomic E-state index is 0.192. The van der Waals surface area contributed by atoms with Crippen LogP contribution in [0.3, 0.4) is 0 Å². The lowest BCUT2D eigenvalue weighted by Gasteiger charge is -2.39. The van der Waals surface area contributed by atoms with E-state index in [4.69, 9.17) is 4.74 Å². The summed E-state index contributed by atoms with van der Waals surface area (Å²) < 4.78 is 6.07. The maximum atomic E-state index is 13.3. The number of piperidine rings is 2. The lowest BCUT2D eigenvalue weighted by molar-refractivity contribution is 0.0510. The highest BCUT2D eigenvalue weighted by Crippen LogP contribution is 2.35. The Bertz CT molecular complexity index is 923. The molecule has 0 bridgehead atoms. The van der Waals surface area contributed by atoms with Crippen LogP contribution in [-0.2, 0) is 6.54 Å². The van der Waals surface area contributed by atoms with Crippen molar-refractivity contribution in [2.24, 2.45) is 0 Å². The summed E-state index contributed by atoms with van der Waals surface area (Å²) in [5.41, 5.74) is 3.42. The molecule has 2 aliphatic heterocycles. The molecule has 33 heavy (non-hydrogen) atoms.